The van der Waals surface area contributed by atoms with E-state index in [0.717, 1.165) is 23.6 Å². The fourth-order valence-corrected chi connectivity index (χ4v) is 5.29. The van der Waals surface area contributed by atoms with Gasteiger partial charge in [-0.25, -0.2) is 4.98 Å². The molecule has 1 aromatic carbocycles. The molecule has 1 saturated heterocycles. The second-order valence-corrected chi connectivity index (χ2v) is 9.42. The number of piperidine rings is 1. The summed E-state index contributed by atoms with van der Waals surface area (Å²) in [6.45, 7) is 6.48. The van der Waals surface area contributed by atoms with Gasteiger partial charge in [0.2, 0.25) is 0 Å². The van der Waals surface area contributed by atoms with Gasteiger partial charge in [0.25, 0.3) is 0 Å². The number of pyridine rings is 1. The summed E-state index contributed by atoms with van der Waals surface area (Å²) in [5.41, 5.74) is 6.26. The van der Waals surface area contributed by atoms with Crippen molar-refractivity contribution in [3.8, 4) is 0 Å². The van der Waals surface area contributed by atoms with Gasteiger partial charge >= 0.3 is 0 Å². The number of rotatable bonds is 7. The van der Waals surface area contributed by atoms with Crippen molar-refractivity contribution in [2.75, 3.05) is 35.7 Å². The third-order valence-corrected chi connectivity index (χ3v) is 7.13. The Morgan fingerprint density at radius 2 is 1.91 bits per heavy atom. The number of benzene rings is 1. The van der Waals surface area contributed by atoms with Crippen LogP contribution in [0.25, 0.3) is 0 Å². The van der Waals surface area contributed by atoms with Crippen LogP contribution in [0.4, 0.5) is 22.9 Å². The van der Waals surface area contributed by atoms with Crippen LogP contribution in [0.3, 0.4) is 0 Å². The molecule has 172 valence electrons. The molecule has 2 fully saturated rings. The first-order valence-electron chi connectivity index (χ1n) is 12.4. The zero-order chi connectivity index (χ0) is 22.3. The Hall–Kier alpha value is -2.56. The van der Waals surface area contributed by atoms with E-state index >= 15 is 0 Å². The quantitative estimate of drug-likeness (QED) is 0.499. The number of aliphatic imine (C=N–C) groups is 1. The highest BCUT2D eigenvalue weighted by Crippen LogP contribution is 2.39. The standard InChI is InChI=1S/C27H39N5/c1-4-29-26-22(18-24(19-25(26)28-3)32-15-6-5-7-16-32)17-21-10-12-23(13-11-21)31-27-20(2)9-8-14-30-27/h4,8-9,14,18-19,21,23,28H,5-7,10-13,15-17H2,1-3H3,(H,30,31)/b29-4-/t21-,23+. The zero-order valence-electron chi connectivity index (χ0n) is 20.0. The first-order valence-corrected chi connectivity index (χ1v) is 12.4. The highest BCUT2D eigenvalue weighted by molar-refractivity contribution is 5.79. The lowest BCUT2D eigenvalue weighted by atomic mass is 9.82. The fourth-order valence-electron chi connectivity index (χ4n) is 5.29. The monoisotopic (exact) mass is 433 g/mol. The Morgan fingerprint density at radius 1 is 1.12 bits per heavy atom. The molecule has 0 unspecified atom stereocenters. The van der Waals surface area contributed by atoms with Crippen molar-refractivity contribution in [3.05, 3.63) is 41.6 Å². The third kappa shape index (κ3) is 5.43. The van der Waals surface area contributed by atoms with Gasteiger partial charge in [0.05, 0.1) is 11.4 Å². The molecule has 2 N–H and O–H groups in total. The number of aryl methyl sites for hydroxylation is 1. The minimum absolute atomic E-state index is 0.528. The highest BCUT2D eigenvalue weighted by atomic mass is 15.1. The lowest BCUT2D eigenvalue weighted by Crippen LogP contribution is -2.29. The number of nitrogens with zero attached hydrogens (tertiary/aromatic N) is 3. The van der Waals surface area contributed by atoms with Gasteiger partial charge in [0, 0.05) is 44.3 Å². The Labute approximate surface area is 193 Å². The van der Waals surface area contributed by atoms with Gasteiger partial charge in [0.1, 0.15) is 5.82 Å². The summed E-state index contributed by atoms with van der Waals surface area (Å²) < 4.78 is 0. The summed E-state index contributed by atoms with van der Waals surface area (Å²) in [6.07, 6.45) is 13.8. The Kier molecular flexibility index (Phi) is 7.67. The van der Waals surface area contributed by atoms with E-state index in [1.54, 1.807) is 0 Å². The molecule has 1 aliphatic heterocycles. The molecule has 32 heavy (non-hydrogen) atoms. The maximum absolute atomic E-state index is 4.78. The van der Waals surface area contributed by atoms with Crippen LogP contribution in [-0.4, -0.2) is 37.4 Å². The Morgan fingerprint density at radius 3 is 2.59 bits per heavy atom. The van der Waals surface area contributed by atoms with Gasteiger partial charge in [0.15, 0.2) is 0 Å². The molecule has 5 heteroatoms. The smallest absolute Gasteiger partial charge is 0.129 e. The van der Waals surface area contributed by atoms with Crippen LogP contribution >= 0.6 is 0 Å². The minimum Gasteiger partial charge on any atom is -0.386 e. The van der Waals surface area contributed by atoms with Gasteiger partial charge in [-0.2, -0.15) is 0 Å². The summed E-state index contributed by atoms with van der Waals surface area (Å²) in [6, 6.07) is 9.39. The average molecular weight is 434 g/mol. The predicted octanol–water partition coefficient (Wildman–Crippen LogP) is 6.36. The maximum atomic E-state index is 4.78. The van der Waals surface area contributed by atoms with Crippen LogP contribution in [0, 0.1) is 12.8 Å². The number of aromatic nitrogens is 1. The van der Waals surface area contributed by atoms with Crippen molar-refractivity contribution >= 4 is 29.1 Å². The van der Waals surface area contributed by atoms with E-state index < -0.39 is 0 Å². The minimum atomic E-state index is 0.528. The van der Waals surface area contributed by atoms with E-state index in [-0.39, 0.29) is 0 Å². The van der Waals surface area contributed by atoms with Gasteiger partial charge in [-0.1, -0.05) is 6.07 Å². The number of nitrogens with one attached hydrogen (secondary N) is 2. The molecule has 1 saturated carbocycles. The number of anilines is 3. The Bertz CT molecular complexity index is 908. The van der Waals surface area contributed by atoms with Crippen molar-refractivity contribution in [3.63, 3.8) is 0 Å². The van der Waals surface area contributed by atoms with E-state index in [2.05, 4.69) is 45.6 Å². The van der Waals surface area contributed by atoms with Crippen molar-refractivity contribution in [1.29, 1.82) is 0 Å². The van der Waals surface area contributed by atoms with Crippen molar-refractivity contribution < 1.29 is 0 Å². The van der Waals surface area contributed by atoms with Gasteiger partial charge in [-0.3, -0.25) is 4.99 Å². The van der Waals surface area contributed by atoms with Gasteiger partial charge in [-0.05, 0) is 100 Å². The molecule has 2 heterocycles. The molecule has 0 spiro atoms. The van der Waals surface area contributed by atoms with E-state index in [1.807, 2.05) is 32.4 Å². The normalized spacial score (nSPS) is 21.7. The molecule has 1 aromatic heterocycles. The van der Waals surface area contributed by atoms with Crippen LogP contribution in [-0.2, 0) is 6.42 Å². The molecule has 5 nitrogen and oxygen atoms in total. The number of hydrogen-bond donors (Lipinski definition) is 2. The van der Waals surface area contributed by atoms with E-state index in [0.29, 0.717) is 12.0 Å². The molecule has 0 bridgehead atoms. The topological polar surface area (TPSA) is 52.6 Å². The fraction of sp³-hybridized carbons (Fsp3) is 0.556. The molecule has 0 amide bonds. The number of hydrogen-bond acceptors (Lipinski definition) is 5. The highest BCUT2D eigenvalue weighted by Gasteiger charge is 2.24. The molecule has 0 radical (unpaired) electrons. The summed E-state index contributed by atoms with van der Waals surface area (Å²) in [4.78, 5) is 11.9. The molecule has 1 aliphatic carbocycles. The van der Waals surface area contributed by atoms with Gasteiger partial charge < -0.3 is 15.5 Å². The molecular weight excluding hydrogens is 394 g/mol. The summed E-state index contributed by atoms with van der Waals surface area (Å²) in [5, 5.41) is 7.10. The third-order valence-electron chi connectivity index (χ3n) is 7.13. The second-order valence-electron chi connectivity index (χ2n) is 9.42. The predicted molar refractivity (Wildman–Crippen MR) is 138 cm³/mol. The first-order chi connectivity index (χ1) is 15.7. The first kappa shape index (κ1) is 22.6. The molecule has 2 aromatic rings. The SMILES string of the molecule is C/C=N\c1c(C[C@H]2CC[C@@H](Nc3ncccc3C)CC2)cc(N2CCCCC2)cc1NC. The van der Waals surface area contributed by atoms with Crippen LogP contribution in [0.2, 0.25) is 0 Å². The van der Waals surface area contributed by atoms with Crippen molar-refractivity contribution in [2.45, 2.75) is 71.3 Å². The lowest BCUT2D eigenvalue weighted by molar-refractivity contribution is 0.336. The van der Waals surface area contributed by atoms with Crippen LogP contribution in [0.15, 0.2) is 35.5 Å². The van der Waals surface area contributed by atoms with E-state index in [4.69, 9.17) is 4.99 Å². The molecule has 4 rings (SSSR count). The lowest BCUT2D eigenvalue weighted by Gasteiger charge is -2.32. The summed E-state index contributed by atoms with van der Waals surface area (Å²) >= 11 is 0. The average Bonchev–Trinajstić information content (AvgIpc) is 2.83. The summed E-state index contributed by atoms with van der Waals surface area (Å²) in [7, 11) is 2.02. The van der Waals surface area contributed by atoms with Crippen molar-refractivity contribution in [2.24, 2.45) is 10.9 Å². The van der Waals surface area contributed by atoms with Crippen molar-refractivity contribution in [1.82, 2.24) is 4.98 Å². The van der Waals surface area contributed by atoms with Crippen LogP contribution < -0.4 is 15.5 Å². The summed E-state index contributed by atoms with van der Waals surface area (Å²) in [5.74, 6) is 1.76. The second kappa shape index (κ2) is 10.8. The molecular formula is C27H39N5. The van der Waals surface area contributed by atoms with Crippen LogP contribution in [0.1, 0.15) is 63.0 Å². The zero-order valence-corrected chi connectivity index (χ0v) is 20.0. The Balaban J connectivity index is 1.46. The molecule has 0 atom stereocenters. The van der Waals surface area contributed by atoms with E-state index in [1.165, 1.54) is 74.8 Å². The van der Waals surface area contributed by atoms with Crippen LogP contribution in [0.5, 0.6) is 0 Å². The largest absolute Gasteiger partial charge is 0.386 e. The van der Waals surface area contributed by atoms with E-state index in [9.17, 15) is 0 Å². The molecule has 2 aliphatic rings. The maximum Gasteiger partial charge on any atom is 0.129 e. The van der Waals surface area contributed by atoms with Gasteiger partial charge in [-0.15, -0.1) is 0 Å².